The van der Waals surface area contributed by atoms with Crippen molar-refractivity contribution in [1.82, 2.24) is 5.32 Å². The molecule has 1 aromatic rings. The van der Waals surface area contributed by atoms with Gasteiger partial charge in [0.05, 0.1) is 5.92 Å². The Balaban J connectivity index is 2.34. The Morgan fingerprint density at radius 1 is 0.889 bits per heavy atom. The van der Waals surface area contributed by atoms with Crippen LogP contribution in [0.4, 0.5) is 0 Å². The fraction of sp³-hybridized carbons (Fsp3) is 0.636. The third-order valence-electron chi connectivity index (χ3n) is 4.59. The molecule has 150 valence electrons. The summed E-state index contributed by atoms with van der Waals surface area (Å²) in [5, 5.41) is 3.34. The van der Waals surface area contributed by atoms with Crippen molar-refractivity contribution < 1.29 is 19.1 Å². The molecule has 4 atom stereocenters. The summed E-state index contributed by atoms with van der Waals surface area (Å²) in [6.45, 7) is 15.0. The van der Waals surface area contributed by atoms with Crippen LogP contribution in [0.25, 0.3) is 0 Å². The van der Waals surface area contributed by atoms with Crippen LogP contribution >= 0.6 is 0 Å². The van der Waals surface area contributed by atoms with Crippen LogP contribution in [0.2, 0.25) is 0 Å². The van der Waals surface area contributed by atoms with E-state index in [1.807, 2.05) is 79.7 Å². The van der Waals surface area contributed by atoms with Gasteiger partial charge in [-0.1, -0.05) is 36.8 Å². The number of benzene rings is 1. The maximum atomic E-state index is 13.0. The fourth-order valence-electron chi connectivity index (χ4n) is 3.41. The van der Waals surface area contributed by atoms with Crippen LogP contribution in [0, 0.1) is 18.8 Å². The molecule has 1 heterocycles. The average molecular weight is 376 g/mol. The molecule has 2 rings (SSSR count). The molecule has 1 N–H and O–H groups in total. The van der Waals surface area contributed by atoms with E-state index in [1.165, 1.54) is 0 Å². The second-order valence-corrected chi connectivity index (χ2v) is 9.48. The van der Waals surface area contributed by atoms with Crippen LogP contribution in [0.5, 0.6) is 0 Å². The molecule has 0 radical (unpaired) electrons. The number of rotatable bonds is 3. The lowest BCUT2D eigenvalue weighted by Gasteiger charge is -2.27. The summed E-state index contributed by atoms with van der Waals surface area (Å²) in [5.74, 6) is -1.34. The molecule has 1 fully saturated rings. The van der Waals surface area contributed by atoms with Gasteiger partial charge in [0.25, 0.3) is 0 Å². The van der Waals surface area contributed by atoms with Crippen LogP contribution in [0.3, 0.4) is 0 Å². The van der Waals surface area contributed by atoms with Crippen molar-refractivity contribution in [2.45, 2.75) is 78.7 Å². The zero-order chi connectivity index (χ0) is 20.6. The summed E-state index contributed by atoms with van der Waals surface area (Å²) in [7, 11) is 0. The van der Waals surface area contributed by atoms with Crippen molar-refractivity contribution in [2.75, 3.05) is 0 Å². The highest BCUT2D eigenvalue weighted by Crippen LogP contribution is 2.39. The van der Waals surface area contributed by atoms with E-state index in [-0.39, 0.29) is 23.9 Å². The Labute approximate surface area is 162 Å². The lowest BCUT2D eigenvalue weighted by molar-refractivity contribution is -0.162. The maximum Gasteiger partial charge on any atom is 0.323 e. The molecule has 5 heteroatoms. The second-order valence-electron chi connectivity index (χ2n) is 9.48. The highest BCUT2D eigenvalue weighted by molar-refractivity contribution is 5.82. The lowest BCUT2D eigenvalue weighted by atomic mass is 9.85. The highest BCUT2D eigenvalue weighted by Gasteiger charge is 2.50. The zero-order valence-electron chi connectivity index (χ0n) is 17.8. The van der Waals surface area contributed by atoms with Gasteiger partial charge in [-0.3, -0.25) is 14.9 Å². The maximum absolute atomic E-state index is 13.0. The van der Waals surface area contributed by atoms with Crippen molar-refractivity contribution in [1.29, 1.82) is 0 Å². The Bertz CT molecular complexity index is 682. The van der Waals surface area contributed by atoms with Crippen molar-refractivity contribution in [3.8, 4) is 0 Å². The van der Waals surface area contributed by atoms with Gasteiger partial charge in [0.15, 0.2) is 0 Å². The Hall–Kier alpha value is -1.88. The first-order valence-corrected chi connectivity index (χ1v) is 9.57. The van der Waals surface area contributed by atoms with Gasteiger partial charge in [0.1, 0.15) is 17.2 Å². The number of esters is 2. The minimum absolute atomic E-state index is 0.249. The summed E-state index contributed by atoms with van der Waals surface area (Å²) in [6.07, 6.45) is 0. The molecule has 0 aliphatic carbocycles. The SMILES string of the molecule is Cc1ccc([C@H]2N[C@@H](C(=O)OC(C)(C)C)[C@H](C)[C@H]2C(=O)OC(C)(C)C)cc1. The number of carbonyl (C=O) groups is 2. The third kappa shape index (κ3) is 5.55. The molecule has 1 aromatic carbocycles. The minimum Gasteiger partial charge on any atom is -0.460 e. The predicted octanol–water partition coefficient (Wildman–Crippen LogP) is 3.94. The normalized spacial score (nSPS) is 25.9. The zero-order valence-corrected chi connectivity index (χ0v) is 17.8. The Morgan fingerprint density at radius 3 is 1.85 bits per heavy atom. The molecule has 1 aliphatic rings. The van der Waals surface area contributed by atoms with Gasteiger partial charge in [-0.15, -0.1) is 0 Å². The first kappa shape index (κ1) is 21.4. The van der Waals surface area contributed by atoms with Gasteiger partial charge >= 0.3 is 11.9 Å². The lowest BCUT2D eigenvalue weighted by Crippen LogP contribution is -2.41. The second kappa shape index (κ2) is 7.63. The number of hydrogen-bond acceptors (Lipinski definition) is 5. The van der Waals surface area contributed by atoms with E-state index in [9.17, 15) is 9.59 Å². The quantitative estimate of drug-likeness (QED) is 0.811. The van der Waals surface area contributed by atoms with Gasteiger partial charge in [-0.05, 0) is 59.9 Å². The molecule has 0 aromatic heterocycles. The van der Waals surface area contributed by atoms with E-state index >= 15 is 0 Å². The smallest absolute Gasteiger partial charge is 0.323 e. The van der Waals surface area contributed by atoms with Crippen LogP contribution in [0.1, 0.15) is 65.6 Å². The molecule has 1 saturated heterocycles. The van der Waals surface area contributed by atoms with Crippen LogP contribution in [-0.2, 0) is 19.1 Å². The number of hydrogen-bond donors (Lipinski definition) is 1. The van der Waals surface area contributed by atoms with Crippen LogP contribution in [0.15, 0.2) is 24.3 Å². The van der Waals surface area contributed by atoms with Gasteiger partial charge in [0, 0.05) is 6.04 Å². The molecule has 0 bridgehead atoms. The van der Waals surface area contributed by atoms with Crippen molar-refractivity contribution in [3.63, 3.8) is 0 Å². The Kier molecular flexibility index (Phi) is 6.05. The molecule has 0 saturated carbocycles. The molecule has 27 heavy (non-hydrogen) atoms. The molecule has 1 aliphatic heterocycles. The number of aryl methyl sites for hydroxylation is 1. The summed E-state index contributed by atoms with van der Waals surface area (Å²) >= 11 is 0. The summed E-state index contributed by atoms with van der Waals surface area (Å²) in [4.78, 5) is 25.7. The average Bonchev–Trinajstić information content (AvgIpc) is 2.82. The summed E-state index contributed by atoms with van der Waals surface area (Å²) < 4.78 is 11.2. The monoisotopic (exact) mass is 375 g/mol. The van der Waals surface area contributed by atoms with E-state index in [4.69, 9.17) is 9.47 Å². The van der Waals surface area contributed by atoms with E-state index in [1.54, 1.807) is 0 Å². The summed E-state index contributed by atoms with van der Waals surface area (Å²) in [5.41, 5.74) is 0.942. The first-order valence-electron chi connectivity index (χ1n) is 9.57. The largest absolute Gasteiger partial charge is 0.460 e. The molecule has 0 amide bonds. The van der Waals surface area contributed by atoms with E-state index in [2.05, 4.69) is 5.32 Å². The van der Waals surface area contributed by atoms with Gasteiger partial charge in [-0.25, -0.2) is 0 Å². The molecule has 0 unspecified atom stereocenters. The third-order valence-corrected chi connectivity index (χ3v) is 4.59. The molecular formula is C22H33NO4. The number of ether oxygens (including phenoxy) is 2. The molecular weight excluding hydrogens is 342 g/mol. The van der Waals surface area contributed by atoms with E-state index < -0.39 is 23.2 Å². The standard InChI is InChI=1S/C22H33NO4/c1-13-9-11-15(12-10-13)18-16(19(24)26-21(3,4)5)14(2)17(23-18)20(25)27-22(6,7)8/h9-12,14,16-18,23H,1-8H3/t14-,16-,17-,18-/m1/s1. The van der Waals surface area contributed by atoms with Crippen molar-refractivity contribution in [3.05, 3.63) is 35.4 Å². The molecule has 0 spiro atoms. The fourth-order valence-corrected chi connectivity index (χ4v) is 3.41. The first-order chi connectivity index (χ1) is 12.3. The number of carbonyl (C=O) groups excluding carboxylic acids is 2. The van der Waals surface area contributed by atoms with Gasteiger partial charge in [-0.2, -0.15) is 0 Å². The number of nitrogens with one attached hydrogen (secondary N) is 1. The minimum atomic E-state index is -0.585. The molecule has 5 nitrogen and oxygen atoms in total. The van der Waals surface area contributed by atoms with Gasteiger partial charge in [0.2, 0.25) is 0 Å². The van der Waals surface area contributed by atoms with Crippen molar-refractivity contribution >= 4 is 11.9 Å². The highest BCUT2D eigenvalue weighted by atomic mass is 16.6. The van der Waals surface area contributed by atoms with Crippen molar-refractivity contribution in [2.24, 2.45) is 11.8 Å². The Morgan fingerprint density at radius 2 is 1.37 bits per heavy atom. The topological polar surface area (TPSA) is 64.6 Å². The van der Waals surface area contributed by atoms with Crippen LogP contribution in [-0.4, -0.2) is 29.2 Å². The van der Waals surface area contributed by atoms with E-state index in [0.29, 0.717) is 0 Å². The predicted molar refractivity (Wildman–Crippen MR) is 105 cm³/mol. The summed E-state index contributed by atoms with van der Waals surface area (Å²) in [6, 6.07) is 7.15. The van der Waals surface area contributed by atoms with E-state index in [0.717, 1.165) is 11.1 Å². The van der Waals surface area contributed by atoms with Crippen LogP contribution < -0.4 is 5.32 Å². The van der Waals surface area contributed by atoms with Gasteiger partial charge < -0.3 is 9.47 Å².